The molecule has 0 radical (unpaired) electrons. The molecule has 2 atom stereocenters. The molecule has 0 spiro atoms. The maximum atomic E-state index is 13.7. The topological polar surface area (TPSA) is 55.4 Å². The van der Waals surface area contributed by atoms with Gasteiger partial charge < -0.3 is 13.9 Å². The Balaban J connectivity index is 1.21. The van der Waals surface area contributed by atoms with Gasteiger partial charge in [0, 0.05) is 55.2 Å². The molecule has 2 saturated heterocycles. The highest BCUT2D eigenvalue weighted by Gasteiger charge is 2.43. The van der Waals surface area contributed by atoms with Crippen molar-refractivity contribution in [3.05, 3.63) is 90.5 Å². The first-order valence-corrected chi connectivity index (χ1v) is 11.5. The van der Waals surface area contributed by atoms with Crippen LogP contribution in [0.15, 0.2) is 73.7 Å². The van der Waals surface area contributed by atoms with Crippen LogP contribution < -0.4 is 0 Å². The molecule has 6 heteroatoms. The van der Waals surface area contributed by atoms with Gasteiger partial charge in [-0.25, -0.2) is 4.98 Å². The van der Waals surface area contributed by atoms with E-state index in [4.69, 9.17) is 0 Å². The second kappa shape index (κ2) is 7.93. The first-order valence-electron chi connectivity index (χ1n) is 11.5. The van der Waals surface area contributed by atoms with Gasteiger partial charge in [0.2, 0.25) is 0 Å². The van der Waals surface area contributed by atoms with Crippen LogP contribution in [0.2, 0.25) is 0 Å². The normalized spacial score (nSPS) is 22.5. The third kappa shape index (κ3) is 3.40. The van der Waals surface area contributed by atoms with Crippen LogP contribution in [0.1, 0.15) is 47.3 Å². The number of rotatable bonds is 5. The van der Waals surface area contributed by atoms with E-state index in [0.29, 0.717) is 24.5 Å². The van der Waals surface area contributed by atoms with Crippen molar-refractivity contribution < 1.29 is 4.79 Å². The highest BCUT2D eigenvalue weighted by molar-refractivity contribution is 5.96. The molecule has 1 aromatic carbocycles. The number of hydrogen-bond donors (Lipinski definition) is 0. The monoisotopic (exact) mass is 425 g/mol. The summed E-state index contributed by atoms with van der Waals surface area (Å²) in [5.41, 5.74) is 4.26. The number of fused-ring (bicyclic) bond motifs is 3. The first-order chi connectivity index (χ1) is 15.8. The maximum absolute atomic E-state index is 13.7. The van der Waals surface area contributed by atoms with Crippen molar-refractivity contribution in [3.63, 3.8) is 0 Å². The van der Waals surface area contributed by atoms with E-state index in [1.54, 1.807) is 12.5 Å². The Morgan fingerprint density at radius 1 is 0.969 bits per heavy atom. The summed E-state index contributed by atoms with van der Waals surface area (Å²) in [6, 6.07) is 12.9. The standard InChI is InChI=1S/C26H27N5O/c32-26(23-5-2-1-4-20(23)17-29-12-9-27-18-29)31-21-7-8-22(31)15-19(14-21)16-24-25-6-3-11-30(25)13-10-28-24/h1-6,9-13,18-19,21-22H,7-8,14-17H2/t21-,22-/m0/s1. The van der Waals surface area contributed by atoms with Gasteiger partial charge in [0.25, 0.3) is 5.91 Å². The van der Waals surface area contributed by atoms with Gasteiger partial charge in [-0.15, -0.1) is 0 Å². The quantitative estimate of drug-likeness (QED) is 0.481. The van der Waals surface area contributed by atoms with Crippen molar-refractivity contribution in [2.45, 2.75) is 50.7 Å². The van der Waals surface area contributed by atoms with Crippen LogP contribution in [-0.4, -0.2) is 41.8 Å². The van der Waals surface area contributed by atoms with Gasteiger partial charge in [-0.3, -0.25) is 9.78 Å². The average Bonchev–Trinajstić information content (AvgIpc) is 3.54. The summed E-state index contributed by atoms with van der Waals surface area (Å²) in [5, 5.41) is 0. The third-order valence-corrected chi connectivity index (χ3v) is 7.24. The zero-order chi connectivity index (χ0) is 21.5. The molecule has 1 amide bonds. The molecule has 2 aliphatic heterocycles. The second-order valence-corrected chi connectivity index (χ2v) is 9.21. The Labute approximate surface area is 187 Å². The average molecular weight is 426 g/mol. The number of amides is 1. The SMILES string of the molecule is O=C(c1ccccc1Cn1ccnc1)N1[C@H]2CC[C@H]1CC(Cc1nccn3cccc13)C2. The molecule has 6 nitrogen and oxygen atoms in total. The molecule has 6 rings (SSSR count). The van der Waals surface area contributed by atoms with E-state index in [2.05, 4.69) is 43.7 Å². The van der Waals surface area contributed by atoms with Gasteiger partial charge in [0.05, 0.1) is 17.5 Å². The van der Waals surface area contributed by atoms with Gasteiger partial charge in [-0.1, -0.05) is 18.2 Å². The molecule has 0 aliphatic carbocycles. The van der Waals surface area contributed by atoms with Crippen molar-refractivity contribution in [1.29, 1.82) is 0 Å². The Morgan fingerprint density at radius 3 is 2.62 bits per heavy atom. The summed E-state index contributed by atoms with van der Waals surface area (Å²) >= 11 is 0. The first kappa shape index (κ1) is 19.3. The van der Waals surface area contributed by atoms with Crippen LogP contribution in [0.25, 0.3) is 5.52 Å². The third-order valence-electron chi connectivity index (χ3n) is 7.24. The molecule has 2 aliphatic rings. The Bertz CT molecular complexity index is 1230. The van der Waals surface area contributed by atoms with Crippen LogP contribution in [0.3, 0.4) is 0 Å². The number of piperidine rings is 1. The largest absolute Gasteiger partial charge is 0.333 e. The molecular weight excluding hydrogens is 398 g/mol. The van der Waals surface area contributed by atoms with Gasteiger partial charge in [-0.05, 0) is 61.8 Å². The number of aromatic nitrogens is 4. The lowest BCUT2D eigenvalue weighted by molar-refractivity contribution is 0.0523. The summed E-state index contributed by atoms with van der Waals surface area (Å²) in [6.45, 7) is 0.667. The smallest absolute Gasteiger partial charge is 0.254 e. The lowest BCUT2D eigenvalue weighted by Gasteiger charge is -2.39. The number of nitrogens with zero attached hydrogens (tertiary/aromatic N) is 5. The molecule has 0 N–H and O–H groups in total. The molecule has 2 bridgehead atoms. The van der Waals surface area contributed by atoms with E-state index in [1.165, 1.54) is 11.2 Å². The lowest BCUT2D eigenvalue weighted by Crippen LogP contribution is -2.47. The number of carbonyl (C=O) groups is 1. The van der Waals surface area contributed by atoms with E-state index in [-0.39, 0.29) is 5.91 Å². The molecule has 4 aromatic rings. The lowest BCUT2D eigenvalue weighted by atomic mass is 9.86. The minimum Gasteiger partial charge on any atom is -0.333 e. The van der Waals surface area contributed by atoms with Crippen LogP contribution in [-0.2, 0) is 13.0 Å². The molecule has 0 unspecified atom stereocenters. The molecule has 5 heterocycles. The minimum absolute atomic E-state index is 0.193. The maximum Gasteiger partial charge on any atom is 0.254 e. The fourth-order valence-electron chi connectivity index (χ4n) is 5.83. The van der Waals surface area contributed by atoms with Gasteiger partial charge >= 0.3 is 0 Å². The van der Waals surface area contributed by atoms with Crippen molar-refractivity contribution in [2.75, 3.05) is 0 Å². The highest BCUT2D eigenvalue weighted by Crippen LogP contribution is 2.41. The van der Waals surface area contributed by atoms with Crippen LogP contribution in [0, 0.1) is 5.92 Å². The predicted molar refractivity (Wildman–Crippen MR) is 122 cm³/mol. The predicted octanol–water partition coefficient (Wildman–Crippen LogP) is 4.21. The second-order valence-electron chi connectivity index (χ2n) is 9.21. The summed E-state index contributed by atoms with van der Waals surface area (Å²) < 4.78 is 4.16. The van der Waals surface area contributed by atoms with Gasteiger partial charge in [-0.2, -0.15) is 0 Å². The van der Waals surface area contributed by atoms with Crippen molar-refractivity contribution in [2.24, 2.45) is 5.92 Å². The number of carbonyl (C=O) groups excluding carboxylic acids is 1. The highest BCUT2D eigenvalue weighted by atomic mass is 16.2. The zero-order valence-corrected chi connectivity index (χ0v) is 18.0. The van der Waals surface area contributed by atoms with Crippen molar-refractivity contribution >= 4 is 11.4 Å². The number of benzene rings is 1. The Morgan fingerprint density at radius 2 is 1.81 bits per heavy atom. The summed E-state index contributed by atoms with van der Waals surface area (Å²) in [6.07, 6.45) is 16.8. The number of imidazole rings is 1. The van der Waals surface area contributed by atoms with Gasteiger partial charge in [0.15, 0.2) is 0 Å². The van der Waals surface area contributed by atoms with E-state index < -0.39 is 0 Å². The molecular formula is C26H27N5O. The summed E-state index contributed by atoms with van der Waals surface area (Å²) in [4.78, 5) is 24.7. The fraction of sp³-hybridized carbons (Fsp3) is 0.346. The van der Waals surface area contributed by atoms with E-state index in [0.717, 1.165) is 43.2 Å². The van der Waals surface area contributed by atoms with Crippen molar-refractivity contribution in [1.82, 2.24) is 23.8 Å². The van der Waals surface area contributed by atoms with E-state index in [9.17, 15) is 4.79 Å². The zero-order valence-electron chi connectivity index (χ0n) is 18.0. The molecule has 3 aromatic heterocycles. The Hall–Kier alpha value is -3.41. The molecule has 2 fully saturated rings. The van der Waals surface area contributed by atoms with Crippen LogP contribution in [0.5, 0.6) is 0 Å². The Kier molecular flexibility index (Phi) is 4.78. The molecule has 32 heavy (non-hydrogen) atoms. The van der Waals surface area contributed by atoms with Gasteiger partial charge in [0.1, 0.15) is 0 Å². The van der Waals surface area contributed by atoms with Crippen molar-refractivity contribution in [3.8, 4) is 0 Å². The number of hydrogen-bond acceptors (Lipinski definition) is 3. The minimum atomic E-state index is 0.193. The van der Waals surface area contributed by atoms with E-state index in [1.807, 2.05) is 41.4 Å². The fourth-order valence-corrected chi connectivity index (χ4v) is 5.83. The molecule has 0 saturated carbocycles. The summed E-state index contributed by atoms with van der Waals surface area (Å²) in [5.74, 6) is 0.768. The van der Waals surface area contributed by atoms with Crippen LogP contribution in [0.4, 0.5) is 0 Å². The summed E-state index contributed by atoms with van der Waals surface area (Å²) in [7, 11) is 0. The molecule has 162 valence electrons. The van der Waals surface area contributed by atoms with Crippen LogP contribution >= 0.6 is 0 Å². The van der Waals surface area contributed by atoms with E-state index >= 15 is 0 Å².